The first-order valence-corrected chi connectivity index (χ1v) is 8.43. The topological polar surface area (TPSA) is 0 Å². The Labute approximate surface area is 132 Å². The molecule has 0 saturated carbocycles. The van der Waals surface area contributed by atoms with Crippen molar-refractivity contribution < 1.29 is 0 Å². The average molecular weight is 343 g/mol. The fraction of sp³-hybridized carbons (Fsp3) is 0.111. The molecule has 0 aliphatic carbocycles. The zero-order valence-electron chi connectivity index (χ0n) is 11.2. The first-order valence-electron chi connectivity index (χ1n) is 6.58. The van der Waals surface area contributed by atoms with Gasteiger partial charge in [-0.3, -0.25) is 0 Å². The van der Waals surface area contributed by atoms with Gasteiger partial charge < -0.3 is 0 Å². The zero-order chi connectivity index (χ0) is 13.9. The van der Waals surface area contributed by atoms with Gasteiger partial charge in [-0.1, -0.05) is 70.5 Å². The lowest BCUT2D eigenvalue weighted by Gasteiger charge is -2.11. The van der Waals surface area contributed by atoms with Gasteiger partial charge >= 0.3 is 0 Å². The van der Waals surface area contributed by atoms with Crippen LogP contribution in [0.3, 0.4) is 0 Å². The molecule has 3 aromatic rings. The molecule has 2 aromatic carbocycles. The van der Waals surface area contributed by atoms with E-state index < -0.39 is 0 Å². The number of aryl methyl sites for hydroxylation is 1. The number of hydrogen-bond acceptors (Lipinski definition) is 1. The Morgan fingerprint density at radius 1 is 0.850 bits per heavy atom. The van der Waals surface area contributed by atoms with Crippen LogP contribution in [-0.2, 0) is 0 Å². The van der Waals surface area contributed by atoms with E-state index in [0.29, 0.717) is 0 Å². The summed E-state index contributed by atoms with van der Waals surface area (Å²) in [5, 5.41) is 4.42. The highest BCUT2D eigenvalue weighted by molar-refractivity contribution is 9.09. The molecule has 100 valence electrons. The number of hydrogen-bond donors (Lipinski definition) is 0. The fourth-order valence-corrected chi connectivity index (χ4v) is 4.13. The molecule has 1 aromatic heterocycles. The lowest BCUT2D eigenvalue weighted by atomic mass is 10.0. The first kappa shape index (κ1) is 13.6. The largest absolute Gasteiger partial charge is 0.152 e. The smallest absolute Gasteiger partial charge is 0.0655 e. The molecular weight excluding hydrogens is 328 g/mol. The summed E-state index contributed by atoms with van der Waals surface area (Å²) in [5.41, 5.74) is 6.53. The molecule has 0 saturated heterocycles. The van der Waals surface area contributed by atoms with Crippen LogP contribution in [0.15, 0.2) is 65.4 Å². The van der Waals surface area contributed by atoms with Gasteiger partial charge in [-0.05, 0) is 45.5 Å². The van der Waals surface area contributed by atoms with Crippen LogP contribution in [0.1, 0.15) is 21.5 Å². The summed E-state index contributed by atoms with van der Waals surface area (Å²) in [4.78, 5) is 0.276. The van der Waals surface area contributed by atoms with Crippen molar-refractivity contribution in [3.05, 3.63) is 82.0 Å². The van der Waals surface area contributed by atoms with Crippen LogP contribution >= 0.6 is 27.3 Å². The highest BCUT2D eigenvalue weighted by atomic mass is 79.9. The van der Waals surface area contributed by atoms with Crippen LogP contribution in [0, 0.1) is 6.92 Å². The van der Waals surface area contributed by atoms with Crippen LogP contribution < -0.4 is 0 Å². The highest BCUT2D eigenvalue weighted by Gasteiger charge is 2.13. The summed E-state index contributed by atoms with van der Waals surface area (Å²) in [6.45, 7) is 2.17. The average Bonchev–Trinajstić information content (AvgIpc) is 2.94. The third kappa shape index (κ3) is 2.72. The predicted octanol–water partition coefficient (Wildman–Crippen LogP) is 6.21. The standard InChI is InChI=1S/C18H15BrS/c1-13-11-20-12-17(13)18(19)16-9-7-15(8-10-16)14-5-3-2-4-6-14/h2-12,18H,1H3. The summed E-state index contributed by atoms with van der Waals surface area (Å²) >= 11 is 5.57. The maximum atomic E-state index is 3.81. The van der Waals surface area contributed by atoms with E-state index in [1.165, 1.54) is 27.8 Å². The molecule has 0 fully saturated rings. The van der Waals surface area contributed by atoms with Crippen LogP contribution in [0.2, 0.25) is 0 Å². The third-order valence-corrected chi connectivity index (χ3v) is 5.38. The minimum atomic E-state index is 0.276. The Bertz CT molecular complexity index is 683. The normalized spacial score (nSPS) is 12.3. The van der Waals surface area contributed by atoms with Gasteiger partial charge in [-0.25, -0.2) is 0 Å². The molecule has 0 aliphatic heterocycles. The van der Waals surface area contributed by atoms with Crippen LogP contribution in [0.25, 0.3) is 11.1 Å². The molecule has 20 heavy (non-hydrogen) atoms. The fourth-order valence-electron chi connectivity index (χ4n) is 2.28. The van der Waals surface area contributed by atoms with Crippen molar-refractivity contribution in [2.75, 3.05) is 0 Å². The molecule has 0 aliphatic rings. The predicted molar refractivity (Wildman–Crippen MR) is 91.7 cm³/mol. The van der Waals surface area contributed by atoms with E-state index in [1.54, 1.807) is 11.3 Å². The van der Waals surface area contributed by atoms with Crippen LogP contribution in [0.5, 0.6) is 0 Å². The van der Waals surface area contributed by atoms with Crippen molar-refractivity contribution >= 4 is 27.3 Å². The summed E-state index contributed by atoms with van der Waals surface area (Å²) in [5.74, 6) is 0. The number of benzene rings is 2. The van der Waals surface area contributed by atoms with Crippen molar-refractivity contribution in [2.45, 2.75) is 11.8 Å². The molecule has 0 radical (unpaired) electrons. The third-order valence-electron chi connectivity index (χ3n) is 3.48. The van der Waals surface area contributed by atoms with Crippen molar-refractivity contribution in [3.8, 4) is 11.1 Å². The Morgan fingerprint density at radius 2 is 1.50 bits per heavy atom. The molecule has 0 amide bonds. The number of halogens is 1. The molecule has 3 rings (SSSR count). The second-order valence-electron chi connectivity index (χ2n) is 4.86. The van der Waals surface area contributed by atoms with Crippen molar-refractivity contribution in [2.24, 2.45) is 0 Å². The molecule has 0 nitrogen and oxygen atoms in total. The second kappa shape index (κ2) is 5.94. The van der Waals surface area contributed by atoms with E-state index in [1.807, 2.05) is 6.07 Å². The maximum Gasteiger partial charge on any atom is 0.0655 e. The molecule has 2 heteroatoms. The van der Waals surface area contributed by atoms with Crippen molar-refractivity contribution in [3.63, 3.8) is 0 Å². The first-order chi connectivity index (χ1) is 9.75. The van der Waals surface area contributed by atoms with Gasteiger partial charge in [-0.15, -0.1) is 0 Å². The molecule has 0 bridgehead atoms. The van der Waals surface area contributed by atoms with Gasteiger partial charge in [0, 0.05) is 0 Å². The van der Waals surface area contributed by atoms with E-state index in [4.69, 9.17) is 0 Å². The Kier molecular flexibility index (Phi) is 4.04. The Hall–Kier alpha value is -1.38. The SMILES string of the molecule is Cc1cscc1C(Br)c1ccc(-c2ccccc2)cc1. The van der Waals surface area contributed by atoms with Crippen LogP contribution in [0.4, 0.5) is 0 Å². The quantitative estimate of drug-likeness (QED) is 0.496. The minimum absolute atomic E-state index is 0.276. The minimum Gasteiger partial charge on any atom is -0.152 e. The van der Waals surface area contributed by atoms with Gasteiger partial charge in [0.05, 0.1) is 4.83 Å². The Balaban J connectivity index is 1.89. The second-order valence-corrected chi connectivity index (χ2v) is 6.52. The summed E-state index contributed by atoms with van der Waals surface area (Å²) in [6, 6.07) is 19.3. The number of rotatable bonds is 3. The molecule has 1 unspecified atom stereocenters. The van der Waals surface area contributed by atoms with Gasteiger partial charge in [0.25, 0.3) is 0 Å². The van der Waals surface area contributed by atoms with E-state index >= 15 is 0 Å². The highest BCUT2D eigenvalue weighted by Crippen LogP contribution is 2.35. The molecule has 1 heterocycles. The molecular formula is C18H15BrS. The van der Waals surface area contributed by atoms with Gasteiger partial charge in [0.2, 0.25) is 0 Å². The van der Waals surface area contributed by atoms with Crippen LogP contribution in [-0.4, -0.2) is 0 Å². The van der Waals surface area contributed by atoms with Gasteiger partial charge in [-0.2, -0.15) is 11.3 Å². The molecule has 1 atom stereocenters. The van der Waals surface area contributed by atoms with Gasteiger partial charge in [0.15, 0.2) is 0 Å². The van der Waals surface area contributed by atoms with E-state index in [-0.39, 0.29) is 4.83 Å². The Morgan fingerprint density at radius 3 is 2.10 bits per heavy atom. The monoisotopic (exact) mass is 342 g/mol. The lowest BCUT2D eigenvalue weighted by Crippen LogP contribution is -1.92. The summed E-state index contributed by atoms with van der Waals surface area (Å²) < 4.78 is 0. The lowest BCUT2D eigenvalue weighted by molar-refractivity contribution is 1.16. The molecule has 0 spiro atoms. The summed E-state index contributed by atoms with van der Waals surface area (Å²) in [6.07, 6.45) is 0. The van der Waals surface area contributed by atoms with Crippen molar-refractivity contribution in [1.29, 1.82) is 0 Å². The van der Waals surface area contributed by atoms with E-state index in [2.05, 4.69) is 82.1 Å². The zero-order valence-corrected chi connectivity index (χ0v) is 13.6. The van der Waals surface area contributed by atoms with E-state index in [0.717, 1.165) is 0 Å². The maximum absolute atomic E-state index is 3.81. The number of alkyl halides is 1. The van der Waals surface area contributed by atoms with E-state index in [9.17, 15) is 0 Å². The summed E-state index contributed by atoms with van der Waals surface area (Å²) in [7, 11) is 0. The van der Waals surface area contributed by atoms with Crippen molar-refractivity contribution in [1.82, 2.24) is 0 Å². The molecule has 0 N–H and O–H groups in total. The number of thiophene rings is 1. The van der Waals surface area contributed by atoms with Gasteiger partial charge in [0.1, 0.15) is 0 Å².